The number of nitrogens with zero attached hydrogens (tertiary/aromatic N) is 4. The highest BCUT2D eigenvalue weighted by molar-refractivity contribution is 5.73. The van der Waals surface area contributed by atoms with Crippen LogP contribution in [0.15, 0.2) is 54.9 Å². The quantitative estimate of drug-likeness (QED) is 0.505. The number of alkyl halides is 3. The van der Waals surface area contributed by atoms with Crippen LogP contribution >= 0.6 is 0 Å². The molecule has 1 aliphatic rings. The highest BCUT2D eigenvalue weighted by Crippen LogP contribution is 2.23. The first kappa shape index (κ1) is 26.6. The number of hydrogen-bond acceptors (Lipinski definition) is 5. The van der Waals surface area contributed by atoms with Gasteiger partial charge in [-0.25, -0.2) is 9.78 Å². The van der Waals surface area contributed by atoms with Gasteiger partial charge in [0.25, 0.3) is 0 Å². The Hall–Kier alpha value is -4.00. The maximum atomic E-state index is 10.6. The summed E-state index contributed by atoms with van der Waals surface area (Å²) >= 11 is 0. The molecule has 1 aliphatic heterocycles. The summed E-state index contributed by atoms with van der Waals surface area (Å²) in [5.74, 6) is -2.76. The average Bonchev–Trinajstić information content (AvgIpc) is 3.17. The van der Waals surface area contributed by atoms with Gasteiger partial charge in [-0.05, 0) is 68.7 Å². The van der Waals surface area contributed by atoms with Gasteiger partial charge >= 0.3 is 12.1 Å². The topological polar surface area (TPSA) is 94.2 Å². The number of aliphatic carboxylic acids is 1. The summed E-state index contributed by atoms with van der Waals surface area (Å²) in [6.45, 7) is 7.06. The van der Waals surface area contributed by atoms with Crippen molar-refractivity contribution in [2.75, 3.05) is 23.3 Å². The predicted octanol–water partition coefficient (Wildman–Crippen LogP) is 5.13. The fraction of sp³-hybridized carbons (Fsp3) is 0.346. The standard InChI is InChI=1S/C24H27N5.C2HF3O2/c1-18-19(2)29(17-26-18)16-21-4-3-5-23(14-21)27-22-10-12-28(13-11-22)24-8-6-20(15-25)7-9-24;3-2(4,5)1(6)7/h3-9,14,17,22,27H,10-13,16H2,1-2H3;(H,6,7). The van der Waals surface area contributed by atoms with Crippen molar-refractivity contribution in [1.82, 2.24) is 9.55 Å². The minimum absolute atomic E-state index is 0.483. The van der Waals surface area contributed by atoms with Crippen molar-refractivity contribution >= 4 is 17.3 Å². The van der Waals surface area contributed by atoms with E-state index in [1.165, 1.54) is 22.6 Å². The van der Waals surface area contributed by atoms with Crippen molar-refractivity contribution in [3.63, 3.8) is 0 Å². The monoisotopic (exact) mass is 499 g/mol. The highest BCUT2D eigenvalue weighted by atomic mass is 19.4. The lowest BCUT2D eigenvalue weighted by Gasteiger charge is -2.34. The zero-order valence-electron chi connectivity index (χ0n) is 20.1. The van der Waals surface area contributed by atoms with Gasteiger partial charge in [0.15, 0.2) is 0 Å². The molecule has 2 aromatic carbocycles. The molecule has 0 atom stereocenters. The Kier molecular flexibility index (Phi) is 8.59. The molecule has 190 valence electrons. The van der Waals surface area contributed by atoms with Gasteiger partial charge in [0.1, 0.15) is 0 Å². The SMILES string of the molecule is Cc1ncn(Cc2cccc(NC3CCN(c4ccc(C#N)cc4)CC3)c2)c1C.O=C(O)C(F)(F)F. The summed E-state index contributed by atoms with van der Waals surface area (Å²) in [5.41, 5.74) is 6.70. The number of imidazole rings is 1. The number of halogens is 3. The number of carboxylic acids is 1. The van der Waals surface area contributed by atoms with Gasteiger partial charge in [0, 0.05) is 42.7 Å². The lowest BCUT2D eigenvalue weighted by Crippen LogP contribution is -2.39. The number of nitriles is 1. The largest absolute Gasteiger partial charge is 0.490 e. The first-order chi connectivity index (χ1) is 17.1. The van der Waals surface area contributed by atoms with Gasteiger partial charge in [0.2, 0.25) is 0 Å². The number of anilines is 2. The van der Waals surface area contributed by atoms with Crippen molar-refractivity contribution in [2.45, 2.75) is 45.5 Å². The third-order valence-corrected chi connectivity index (χ3v) is 6.09. The van der Waals surface area contributed by atoms with E-state index in [2.05, 4.69) is 69.2 Å². The number of nitrogens with one attached hydrogen (secondary N) is 1. The van der Waals surface area contributed by atoms with E-state index in [-0.39, 0.29) is 0 Å². The van der Waals surface area contributed by atoms with E-state index in [1.54, 1.807) is 0 Å². The van der Waals surface area contributed by atoms with E-state index in [4.69, 9.17) is 15.2 Å². The molecule has 0 spiro atoms. The lowest BCUT2D eigenvalue weighted by molar-refractivity contribution is -0.192. The minimum Gasteiger partial charge on any atom is -0.475 e. The number of aryl methyl sites for hydroxylation is 1. The van der Waals surface area contributed by atoms with Crippen LogP contribution in [0.4, 0.5) is 24.5 Å². The fourth-order valence-corrected chi connectivity index (χ4v) is 3.92. The molecule has 0 bridgehead atoms. The van der Waals surface area contributed by atoms with Gasteiger partial charge in [0.05, 0.1) is 23.7 Å². The maximum absolute atomic E-state index is 10.6. The second-order valence-corrected chi connectivity index (χ2v) is 8.61. The van der Waals surface area contributed by atoms with Crippen LogP contribution in [0.1, 0.15) is 35.4 Å². The smallest absolute Gasteiger partial charge is 0.475 e. The molecule has 4 rings (SSSR count). The van der Waals surface area contributed by atoms with E-state index in [1.807, 2.05) is 25.4 Å². The fourth-order valence-electron chi connectivity index (χ4n) is 3.92. The molecule has 0 aliphatic carbocycles. The molecule has 1 fully saturated rings. The van der Waals surface area contributed by atoms with Crippen molar-refractivity contribution in [3.8, 4) is 6.07 Å². The second-order valence-electron chi connectivity index (χ2n) is 8.61. The van der Waals surface area contributed by atoms with Gasteiger partial charge in [-0.1, -0.05) is 12.1 Å². The van der Waals surface area contributed by atoms with Crippen LogP contribution < -0.4 is 10.2 Å². The first-order valence-corrected chi connectivity index (χ1v) is 11.5. The molecule has 0 saturated carbocycles. The van der Waals surface area contributed by atoms with Crippen LogP contribution in [0, 0.1) is 25.2 Å². The van der Waals surface area contributed by atoms with E-state index in [9.17, 15) is 13.2 Å². The molecule has 36 heavy (non-hydrogen) atoms. The van der Waals surface area contributed by atoms with Gasteiger partial charge in [-0.2, -0.15) is 18.4 Å². The molecule has 0 unspecified atom stereocenters. The maximum Gasteiger partial charge on any atom is 0.490 e. The lowest BCUT2D eigenvalue weighted by atomic mass is 10.0. The Morgan fingerprint density at radius 2 is 1.81 bits per heavy atom. The average molecular weight is 500 g/mol. The van der Waals surface area contributed by atoms with Crippen LogP contribution in [0.2, 0.25) is 0 Å². The van der Waals surface area contributed by atoms with Crippen LogP contribution in [0.5, 0.6) is 0 Å². The van der Waals surface area contributed by atoms with Crippen LogP contribution in [-0.4, -0.2) is 45.9 Å². The number of hydrogen-bond donors (Lipinski definition) is 2. The summed E-state index contributed by atoms with van der Waals surface area (Å²) in [5, 5.41) is 19.8. The summed E-state index contributed by atoms with van der Waals surface area (Å²) in [6.07, 6.45) is -0.961. The molecule has 0 amide bonds. The number of aromatic nitrogens is 2. The molecular formula is C26H28F3N5O2. The van der Waals surface area contributed by atoms with Crippen LogP contribution in [0.25, 0.3) is 0 Å². The molecular weight excluding hydrogens is 471 g/mol. The summed E-state index contributed by atoms with van der Waals surface area (Å²) in [7, 11) is 0. The zero-order chi connectivity index (χ0) is 26.3. The Morgan fingerprint density at radius 3 is 2.33 bits per heavy atom. The summed E-state index contributed by atoms with van der Waals surface area (Å²) in [6, 6.07) is 19.3. The van der Waals surface area contributed by atoms with E-state index < -0.39 is 12.1 Å². The van der Waals surface area contributed by atoms with Crippen molar-refractivity contribution in [1.29, 1.82) is 5.26 Å². The Balaban J connectivity index is 0.000000454. The summed E-state index contributed by atoms with van der Waals surface area (Å²) < 4.78 is 33.9. The molecule has 7 nitrogen and oxygen atoms in total. The minimum atomic E-state index is -5.08. The van der Waals surface area contributed by atoms with E-state index in [0.29, 0.717) is 11.6 Å². The first-order valence-electron chi connectivity index (χ1n) is 11.5. The van der Waals surface area contributed by atoms with Gasteiger partial charge < -0.3 is 19.9 Å². The van der Waals surface area contributed by atoms with Crippen molar-refractivity contribution in [2.24, 2.45) is 0 Å². The highest BCUT2D eigenvalue weighted by Gasteiger charge is 2.38. The van der Waals surface area contributed by atoms with Gasteiger partial charge in [-0.3, -0.25) is 0 Å². The number of carboxylic acid groups (broad SMARTS) is 1. The number of rotatable bonds is 5. The normalized spacial score (nSPS) is 13.9. The third kappa shape index (κ3) is 7.25. The number of benzene rings is 2. The number of carbonyl (C=O) groups is 1. The third-order valence-electron chi connectivity index (χ3n) is 6.09. The summed E-state index contributed by atoms with van der Waals surface area (Å²) in [4.78, 5) is 15.7. The molecule has 1 aromatic heterocycles. The molecule has 10 heteroatoms. The van der Waals surface area contributed by atoms with E-state index >= 15 is 0 Å². The molecule has 2 heterocycles. The Bertz CT molecular complexity index is 1210. The Labute approximate surface area is 207 Å². The van der Waals surface area contributed by atoms with Crippen LogP contribution in [0.3, 0.4) is 0 Å². The number of piperidine rings is 1. The van der Waals surface area contributed by atoms with Crippen molar-refractivity contribution in [3.05, 3.63) is 77.4 Å². The predicted molar refractivity (Wildman–Crippen MR) is 131 cm³/mol. The van der Waals surface area contributed by atoms with Crippen molar-refractivity contribution < 1.29 is 23.1 Å². The van der Waals surface area contributed by atoms with E-state index in [0.717, 1.165) is 38.2 Å². The molecule has 1 saturated heterocycles. The molecule has 2 N–H and O–H groups in total. The second kappa shape index (κ2) is 11.6. The molecule has 3 aromatic rings. The molecule has 0 radical (unpaired) electrons. The zero-order valence-corrected chi connectivity index (χ0v) is 20.1. The Morgan fingerprint density at radius 1 is 1.17 bits per heavy atom. The van der Waals surface area contributed by atoms with Gasteiger partial charge in [-0.15, -0.1) is 0 Å². The van der Waals surface area contributed by atoms with Crippen LogP contribution in [-0.2, 0) is 11.3 Å².